The first-order valence-electron chi connectivity index (χ1n) is 14.8. The van der Waals surface area contributed by atoms with Crippen LogP contribution < -0.4 is 16.0 Å². The van der Waals surface area contributed by atoms with Gasteiger partial charge in [-0.05, 0) is 72.6 Å². The Morgan fingerprint density at radius 1 is 1.32 bits per heavy atom. The maximum Gasteiger partial charge on any atom is 0.418 e. The van der Waals surface area contributed by atoms with Gasteiger partial charge in [-0.1, -0.05) is 13.0 Å². The summed E-state index contributed by atoms with van der Waals surface area (Å²) in [5.41, 5.74) is 2.44. The molecule has 0 aromatic carbocycles. The second kappa shape index (κ2) is 14.1. The van der Waals surface area contributed by atoms with Gasteiger partial charge in [-0.25, -0.2) is 19.6 Å². The second-order valence-electron chi connectivity index (χ2n) is 11.6. The minimum absolute atomic E-state index is 0.0159. The lowest BCUT2D eigenvalue weighted by Gasteiger charge is -2.41. The summed E-state index contributed by atoms with van der Waals surface area (Å²) in [6, 6.07) is 2.07. The topological polar surface area (TPSA) is 137 Å². The molecule has 4 atom stereocenters. The number of anilines is 2. The predicted molar refractivity (Wildman–Crippen MR) is 160 cm³/mol. The van der Waals surface area contributed by atoms with Gasteiger partial charge in [-0.2, -0.15) is 0 Å². The van der Waals surface area contributed by atoms with Crippen molar-refractivity contribution in [1.29, 1.82) is 0 Å². The first kappa shape index (κ1) is 30.7. The number of nitrogens with zero attached hydrogens (tertiary/aromatic N) is 5. The highest BCUT2D eigenvalue weighted by Crippen LogP contribution is 2.32. The largest absolute Gasteiger partial charge is 0.418 e. The summed E-state index contributed by atoms with van der Waals surface area (Å²) >= 11 is 0. The van der Waals surface area contributed by atoms with Gasteiger partial charge in [0, 0.05) is 43.4 Å². The highest BCUT2D eigenvalue weighted by Gasteiger charge is 2.39. The quantitative estimate of drug-likeness (QED) is 0.181. The molecular weight excluding hydrogens is 524 g/mol. The molecule has 4 heterocycles. The molecule has 12 heteroatoms. The number of hydrogen-bond donors (Lipinski definition) is 4. The summed E-state index contributed by atoms with van der Waals surface area (Å²) in [5.74, 6) is 0.312. The van der Waals surface area contributed by atoms with Crippen molar-refractivity contribution in [3.8, 4) is 0 Å². The lowest BCUT2D eigenvalue weighted by molar-refractivity contribution is -0.133. The van der Waals surface area contributed by atoms with Crippen molar-refractivity contribution in [3.63, 3.8) is 0 Å². The summed E-state index contributed by atoms with van der Waals surface area (Å²) in [5, 5.41) is 20.2. The monoisotopic (exact) mass is 570 g/mol. The predicted octanol–water partition coefficient (Wildman–Crippen LogP) is 2.83. The number of carbonyl (C=O) groups excluding carboxylic acids is 2. The van der Waals surface area contributed by atoms with E-state index < -0.39 is 12.1 Å². The van der Waals surface area contributed by atoms with Crippen molar-refractivity contribution < 1.29 is 19.4 Å². The number of ether oxygens (including phenoxy) is 1. The van der Waals surface area contributed by atoms with E-state index in [0.717, 1.165) is 49.2 Å². The first-order chi connectivity index (χ1) is 19.7. The number of esters is 1. The third-order valence-corrected chi connectivity index (χ3v) is 7.95. The Labute approximate surface area is 242 Å². The zero-order valence-electron chi connectivity index (χ0n) is 25.0. The van der Waals surface area contributed by atoms with Crippen molar-refractivity contribution in [2.24, 2.45) is 5.92 Å². The normalized spacial score (nSPS) is 22.1. The summed E-state index contributed by atoms with van der Waals surface area (Å²) in [6.07, 6.45) is 7.38. The second-order valence-corrected chi connectivity index (χ2v) is 11.6. The number of aliphatic hydroxyl groups excluding tert-OH is 1. The molecule has 0 radical (unpaired) electrons. The van der Waals surface area contributed by atoms with Crippen LogP contribution in [0.5, 0.6) is 0 Å². The van der Waals surface area contributed by atoms with Crippen LogP contribution >= 0.6 is 0 Å². The molecule has 1 amide bonds. The Balaban J connectivity index is 1.53. The smallest absolute Gasteiger partial charge is 0.394 e. The zero-order valence-corrected chi connectivity index (χ0v) is 25.0. The Morgan fingerprint density at radius 2 is 2.12 bits per heavy atom. The Bertz CT molecular complexity index is 1200. The van der Waals surface area contributed by atoms with E-state index in [-0.39, 0.29) is 36.7 Å². The molecule has 2 aromatic heterocycles. The molecule has 41 heavy (non-hydrogen) atoms. The molecule has 2 fully saturated rings. The van der Waals surface area contributed by atoms with Gasteiger partial charge in [0.25, 0.3) is 0 Å². The van der Waals surface area contributed by atoms with Gasteiger partial charge < -0.3 is 40.2 Å². The number of aliphatic hydroxyl groups is 1. The van der Waals surface area contributed by atoms with Crippen LogP contribution in [0, 0.1) is 5.92 Å². The lowest BCUT2D eigenvalue weighted by atomic mass is 9.87. The van der Waals surface area contributed by atoms with Crippen LogP contribution in [0.2, 0.25) is 0 Å². The summed E-state index contributed by atoms with van der Waals surface area (Å²) in [6.45, 7) is 9.02. The highest BCUT2D eigenvalue weighted by atomic mass is 16.6. The number of rotatable bonds is 11. The third kappa shape index (κ3) is 7.75. The van der Waals surface area contributed by atoms with Gasteiger partial charge in [0.2, 0.25) is 0 Å². The maximum atomic E-state index is 13.1. The summed E-state index contributed by atoms with van der Waals surface area (Å²) < 4.78 is 7.27. The number of imidazole rings is 1. The van der Waals surface area contributed by atoms with Crippen LogP contribution in [0.4, 0.5) is 16.3 Å². The van der Waals surface area contributed by atoms with Crippen LogP contribution in [-0.4, -0.2) is 107 Å². The fraction of sp³-hybridized carbons (Fsp3) is 0.655. The van der Waals surface area contributed by atoms with Crippen molar-refractivity contribution >= 4 is 34.7 Å². The molecule has 4 rings (SSSR count). The Hall–Kier alpha value is -3.22. The summed E-state index contributed by atoms with van der Waals surface area (Å²) in [4.78, 5) is 38.6. The number of likely N-dealkylation sites (tertiary alicyclic amines) is 1. The Kier molecular flexibility index (Phi) is 10.6. The molecule has 0 saturated carbocycles. The lowest BCUT2D eigenvalue weighted by Crippen LogP contribution is -2.53. The first-order valence-corrected chi connectivity index (χ1v) is 14.8. The highest BCUT2D eigenvalue weighted by molar-refractivity contribution is 5.91. The van der Waals surface area contributed by atoms with Crippen molar-refractivity contribution in [2.75, 3.05) is 57.5 Å². The third-order valence-electron chi connectivity index (χ3n) is 7.95. The minimum atomic E-state index is -0.645. The van der Waals surface area contributed by atoms with Crippen LogP contribution in [-0.2, 0) is 9.53 Å². The standard InChI is InChI=1S/C29H46N8O4/c1-6-21(17-38)33-25-15-23(27-28(34-25)37(18-31-27)19(2)3)32-22-10-13-36(24(14-22)20-9-11-30-16-20)29(40)41-26(39)8-7-12-35(4)5/h7-8,15,18-22,24,30,38H,6,9-14,16-17H2,1-5H3,(H2,32,33,34)/b8-7+. The molecule has 0 aliphatic carbocycles. The van der Waals surface area contributed by atoms with E-state index in [1.165, 1.54) is 6.08 Å². The average molecular weight is 571 g/mol. The molecule has 2 aliphatic rings. The number of fused-ring (bicyclic) bond motifs is 1. The van der Waals surface area contributed by atoms with Crippen LogP contribution in [0.25, 0.3) is 11.2 Å². The van der Waals surface area contributed by atoms with Gasteiger partial charge in [0.1, 0.15) is 11.3 Å². The molecule has 226 valence electrons. The summed E-state index contributed by atoms with van der Waals surface area (Å²) in [7, 11) is 3.81. The van der Waals surface area contributed by atoms with E-state index in [2.05, 4.69) is 29.8 Å². The molecule has 4 N–H and O–H groups in total. The SMILES string of the molecule is CCC(CO)Nc1cc(NC2CCN(C(=O)OC(=O)/C=C/CN(C)C)C(C3CCNC3)C2)c2ncn(C(C)C)c2n1. The molecular formula is C29H46N8O4. The minimum Gasteiger partial charge on any atom is -0.394 e. The number of aromatic nitrogens is 3. The van der Waals surface area contributed by atoms with Gasteiger partial charge in [0.15, 0.2) is 5.65 Å². The number of amides is 1. The van der Waals surface area contributed by atoms with E-state index in [4.69, 9.17) is 14.7 Å². The van der Waals surface area contributed by atoms with Gasteiger partial charge in [-0.3, -0.25) is 0 Å². The van der Waals surface area contributed by atoms with Gasteiger partial charge in [-0.15, -0.1) is 0 Å². The van der Waals surface area contributed by atoms with Crippen molar-refractivity contribution in [1.82, 2.24) is 29.7 Å². The van der Waals surface area contributed by atoms with E-state index in [1.54, 1.807) is 11.0 Å². The van der Waals surface area contributed by atoms with Crippen LogP contribution in [0.1, 0.15) is 52.5 Å². The van der Waals surface area contributed by atoms with E-state index in [1.807, 2.05) is 42.9 Å². The number of piperidine rings is 1. The van der Waals surface area contributed by atoms with Gasteiger partial charge in [0.05, 0.1) is 24.7 Å². The van der Waals surface area contributed by atoms with Crippen LogP contribution in [0.15, 0.2) is 24.5 Å². The molecule has 2 saturated heterocycles. The van der Waals surface area contributed by atoms with E-state index >= 15 is 0 Å². The fourth-order valence-corrected chi connectivity index (χ4v) is 5.62. The zero-order chi connectivity index (χ0) is 29.5. The molecule has 12 nitrogen and oxygen atoms in total. The van der Waals surface area contributed by atoms with E-state index in [9.17, 15) is 14.7 Å². The number of pyridine rings is 1. The molecule has 2 aliphatic heterocycles. The number of carbonyl (C=O) groups is 2. The average Bonchev–Trinajstić information content (AvgIpc) is 3.62. The molecule has 2 aromatic rings. The van der Waals surface area contributed by atoms with Crippen LogP contribution in [0.3, 0.4) is 0 Å². The number of likely N-dealkylation sites (N-methyl/N-ethyl adjacent to an activating group) is 1. The number of hydrogen-bond acceptors (Lipinski definition) is 10. The molecule has 0 spiro atoms. The molecule has 4 unspecified atom stereocenters. The number of nitrogens with one attached hydrogen (secondary N) is 3. The molecule has 0 bridgehead atoms. The fourth-order valence-electron chi connectivity index (χ4n) is 5.62. The van der Waals surface area contributed by atoms with Crippen molar-refractivity contribution in [3.05, 3.63) is 24.5 Å². The van der Waals surface area contributed by atoms with Gasteiger partial charge >= 0.3 is 12.1 Å². The maximum absolute atomic E-state index is 13.1. The van der Waals surface area contributed by atoms with E-state index in [0.29, 0.717) is 25.3 Å². The Morgan fingerprint density at radius 3 is 2.78 bits per heavy atom. The van der Waals surface area contributed by atoms with Crippen molar-refractivity contribution in [2.45, 2.75) is 70.6 Å².